The molecule has 0 aliphatic rings. The number of benzene rings is 2. The number of hydrogen-bond acceptors (Lipinski definition) is 3. The molecule has 1 heterocycles. The third-order valence-corrected chi connectivity index (χ3v) is 4.28. The van der Waals surface area contributed by atoms with E-state index in [1.807, 2.05) is 6.92 Å². The Kier molecular flexibility index (Phi) is 5.63. The predicted molar refractivity (Wildman–Crippen MR) is 103 cm³/mol. The molecule has 0 bridgehead atoms. The SMILES string of the molecule is CCc1cc(=O)n(CC(=O)Nc2ccc(C)c(F)c2)c(-c2ccc(F)cc2)n1. The van der Waals surface area contributed by atoms with Crippen molar-refractivity contribution >= 4 is 11.6 Å². The fourth-order valence-electron chi connectivity index (χ4n) is 2.72. The largest absolute Gasteiger partial charge is 0.324 e. The minimum atomic E-state index is -0.500. The van der Waals surface area contributed by atoms with E-state index in [-0.39, 0.29) is 12.4 Å². The topological polar surface area (TPSA) is 64.0 Å². The van der Waals surface area contributed by atoms with E-state index in [2.05, 4.69) is 10.3 Å². The molecule has 0 fully saturated rings. The van der Waals surface area contributed by atoms with Crippen molar-refractivity contribution in [2.75, 3.05) is 5.32 Å². The molecule has 0 saturated heterocycles. The number of amides is 1. The van der Waals surface area contributed by atoms with Crippen LogP contribution in [0.2, 0.25) is 0 Å². The molecule has 1 amide bonds. The van der Waals surface area contributed by atoms with Crippen LogP contribution in [0.15, 0.2) is 53.3 Å². The number of rotatable bonds is 5. The third-order valence-electron chi connectivity index (χ3n) is 4.28. The Morgan fingerprint density at radius 3 is 2.46 bits per heavy atom. The summed E-state index contributed by atoms with van der Waals surface area (Å²) in [5.41, 5.74) is 1.45. The molecule has 7 heteroatoms. The van der Waals surface area contributed by atoms with Crippen LogP contribution in [0.4, 0.5) is 14.5 Å². The average molecular weight is 383 g/mol. The number of hydrogen-bond donors (Lipinski definition) is 1. The van der Waals surface area contributed by atoms with Crippen molar-refractivity contribution in [1.82, 2.24) is 9.55 Å². The second-order valence-corrected chi connectivity index (χ2v) is 6.37. The van der Waals surface area contributed by atoms with Crippen LogP contribution in [-0.2, 0) is 17.8 Å². The minimum Gasteiger partial charge on any atom is -0.324 e. The number of aromatic nitrogens is 2. The van der Waals surface area contributed by atoms with Gasteiger partial charge in [-0.2, -0.15) is 0 Å². The average Bonchev–Trinajstić information content (AvgIpc) is 2.67. The third kappa shape index (κ3) is 4.31. The van der Waals surface area contributed by atoms with Gasteiger partial charge in [0.1, 0.15) is 24.0 Å². The maximum Gasteiger partial charge on any atom is 0.254 e. The predicted octanol–water partition coefficient (Wildman–Crippen LogP) is 3.70. The molecule has 0 saturated carbocycles. The highest BCUT2D eigenvalue weighted by atomic mass is 19.1. The summed E-state index contributed by atoms with van der Waals surface area (Å²) < 4.78 is 28.1. The first-order valence-electron chi connectivity index (χ1n) is 8.80. The second-order valence-electron chi connectivity index (χ2n) is 6.37. The summed E-state index contributed by atoms with van der Waals surface area (Å²) in [6.07, 6.45) is 0.541. The summed E-state index contributed by atoms with van der Waals surface area (Å²) in [5.74, 6) is -1.08. The van der Waals surface area contributed by atoms with Gasteiger partial charge in [-0.1, -0.05) is 13.0 Å². The minimum absolute atomic E-state index is 0.273. The van der Waals surface area contributed by atoms with Crippen molar-refractivity contribution in [3.63, 3.8) is 0 Å². The molecule has 5 nitrogen and oxygen atoms in total. The normalized spacial score (nSPS) is 10.7. The monoisotopic (exact) mass is 383 g/mol. The highest BCUT2D eigenvalue weighted by molar-refractivity contribution is 5.90. The van der Waals surface area contributed by atoms with Crippen molar-refractivity contribution in [1.29, 1.82) is 0 Å². The van der Waals surface area contributed by atoms with Crippen LogP contribution in [0.3, 0.4) is 0 Å². The highest BCUT2D eigenvalue weighted by Crippen LogP contribution is 2.18. The smallest absolute Gasteiger partial charge is 0.254 e. The van der Waals surface area contributed by atoms with E-state index >= 15 is 0 Å². The Bertz CT molecular complexity index is 1080. The fraction of sp³-hybridized carbons (Fsp3) is 0.190. The van der Waals surface area contributed by atoms with Crippen LogP contribution in [0.25, 0.3) is 11.4 Å². The van der Waals surface area contributed by atoms with Crippen LogP contribution in [0.5, 0.6) is 0 Å². The first-order valence-corrected chi connectivity index (χ1v) is 8.80. The zero-order chi connectivity index (χ0) is 20.3. The Labute approximate surface area is 160 Å². The number of nitrogens with one attached hydrogen (secondary N) is 1. The van der Waals surface area contributed by atoms with Crippen LogP contribution >= 0.6 is 0 Å². The number of nitrogens with zero attached hydrogens (tertiary/aromatic N) is 2. The first kappa shape index (κ1) is 19.4. The van der Waals surface area contributed by atoms with Gasteiger partial charge in [-0.3, -0.25) is 14.2 Å². The van der Waals surface area contributed by atoms with Gasteiger partial charge in [-0.05, 0) is 55.3 Å². The van der Waals surface area contributed by atoms with Gasteiger partial charge in [0.25, 0.3) is 5.56 Å². The van der Waals surface area contributed by atoms with Crippen molar-refractivity contribution < 1.29 is 13.6 Å². The molecule has 3 rings (SSSR count). The maximum absolute atomic E-state index is 13.7. The molecule has 0 atom stereocenters. The molecule has 0 unspecified atom stereocenters. The van der Waals surface area contributed by atoms with Crippen LogP contribution in [0, 0.1) is 18.6 Å². The number of halogens is 2. The van der Waals surface area contributed by atoms with E-state index in [0.29, 0.717) is 28.9 Å². The summed E-state index contributed by atoms with van der Waals surface area (Å²) in [4.78, 5) is 29.4. The maximum atomic E-state index is 13.7. The van der Waals surface area contributed by atoms with E-state index in [0.717, 1.165) is 0 Å². The van der Waals surface area contributed by atoms with Gasteiger partial charge in [-0.25, -0.2) is 13.8 Å². The molecule has 144 valence electrons. The quantitative estimate of drug-likeness (QED) is 0.731. The lowest BCUT2D eigenvalue weighted by atomic mass is 10.2. The summed E-state index contributed by atoms with van der Waals surface area (Å²) in [7, 11) is 0. The molecular weight excluding hydrogens is 364 g/mol. The van der Waals surface area contributed by atoms with Crippen molar-refractivity contribution in [3.05, 3.63) is 81.8 Å². The van der Waals surface area contributed by atoms with Gasteiger partial charge in [0.15, 0.2) is 0 Å². The second kappa shape index (κ2) is 8.12. The molecule has 0 aliphatic carbocycles. The molecule has 1 aromatic heterocycles. The zero-order valence-electron chi connectivity index (χ0n) is 15.5. The lowest BCUT2D eigenvalue weighted by molar-refractivity contribution is -0.116. The first-order chi connectivity index (χ1) is 13.4. The Balaban J connectivity index is 1.94. The number of anilines is 1. The molecule has 0 radical (unpaired) electrons. The summed E-state index contributed by atoms with van der Waals surface area (Å²) in [6.45, 7) is 3.17. The lowest BCUT2D eigenvalue weighted by Gasteiger charge is -2.14. The van der Waals surface area contributed by atoms with E-state index in [1.165, 1.54) is 41.0 Å². The standard InChI is InChI=1S/C21H19F2N3O2/c1-3-16-11-20(28)26(21(25-16)14-5-7-15(22)8-6-14)12-19(27)24-17-9-4-13(2)18(23)10-17/h4-11H,3,12H2,1-2H3,(H,24,27). The summed E-state index contributed by atoms with van der Waals surface area (Å²) >= 11 is 0. The van der Waals surface area contributed by atoms with Gasteiger partial charge in [-0.15, -0.1) is 0 Å². The Morgan fingerprint density at radius 1 is 1.11 bits per heavy atom. The van der Waals surface area contributed by atoms with E-state index in [1.54, 1.807) is 19.1 Å². The number of carbonyl (C=O) groups is 1. The van der Waals surface area contributed by atoms with E-state index in [4.69, 9.17) is 0 Å². The van der Waals surface area contributed by atoms with Gasteiger partial charge in [0.05, 0.1) is 0 Å². The molecule has 1 N–H and O–H groups in total. The van der Waals surface area contributed by atoms with Gasteiger partial charge < -0.3 is 5.32 Å². The highest BCUT2D eigenvalue weighted by Gasteiger charge is 2.14. The zero-order valence-corrected chi connectivity index (χ0v) is 15.5. The van der Waals surface area contributed by atoms with Crippen LogP contribution < -0.4 is 10.9 Å². The number of carbonyl (C=O) groups excluding carboxylic acids is 1. The molecule has 0 spiro atoms. The molecule has 2 aromatic carbocycles. The van der Waals surface area contributed by atoms with Crippen molar-refractivity contribution in [3.8, 4) is 11.4 Å². The molecular formula is C21H19F2N3O2. The van der Waals surface area contributed by atoms with Gasteiger partial charge in [0, 0.05) is 23.0 Å². The van der Waals surface area contributed by atoms with Crippen LogP contribution in [-0.4, -0.2) is 15.5 Å². The van der Waals surface area contributed by atoms with E-state index < -0.39 is 23.1 Å². The van der Waals surface area contributed by atoms with Crippen LogP contribution in [0.1, 0.15) is 18.2 Å². The molecule has 28 heavy (non-hydrogen) atoms. The Hall–Kier alpha value is -3.35. The number of aryl methyl sites for hydroxylation is 2. The lowest BCUT2D eigenvalue weighted by Crippen LogP contribution is -2.30. The van der Waals surface area contributed by atoms with Gasteiger partial charge >= 0.3 is 0 Å². The fourth-order valence-corrected chi connectivity index (χ4v) is 2.72. The molecule has 0 aliphatic heterocycles. The summed E-state index contributed by atoms with van der Waals surface area (Å²) in [5, 5.41) is 2.58. The molecule has 3 aromatic rings. The van der Waals surface area contributed by atoms with Gasteiger partial charge in [0.2, 0.25) is 5.91 Å². The Morgan fingerprint density at radius 2 is 1.82 bits per heavy atom. The van der Waals surface area contributed by atoms with Crippen molar-refractivity contribution in [2.45, 2.75) is 26.8 Å². The van der Waals surface area contributed by atoms with Crippen molar-refractivity contribution in [2.24, 2.45) is 0 Å². The van der Waals surface area contributed by atoms with E-state index in [9.17, 15) is 18.4 Å². The summed E-state index contributed by atoms with van der Waals surface area (Å²) in [6, 6.07) is 11.2.